The molecule has 2 rings (SSSR count). The average molecular weight is 361 g/mol. The first-order valence-corrected chi connectivity index (χ1v) is 7.16. The van der Waals surface area contributed by atoms with Gasteiger partial charge in [0.1, 0.15) is 5.75 Å². The molecule has 0 saturated heterocycles. The lowest BCUT2D eigenvalue weighted by molar-refractivity contribution is 0.410. The predicted molar refractivity (Wildman–Crippen MR) is 84.5 cm³/mol. The number of anilines is 1. The normalized spacial score (nSPS) is 10.3. The van der Waals surface area contributed by atoms with Gasteiger partial charge in [-0.3, -0.25) is 0 Å². The third kappa shape index (κ3) is 3.78. The van der Waals surface area contributed by atoms with Crippen LogP contribution in [0.2, 0.25) is 10.0 Å². The number of halogens is 3. The summed E-state index contributed by atoms with van der Waals surface area (Å²) in [6.45, 7) is 0.623. The number of nitrogens with one attached hydrogen (secondary N) is 1. The zero-order valence-electron chi connectivity index (χ0n) is 10.2. The lowest BCUT2D eigenvalue weighted by Crippen LogP contribution is -2.01. The van der Waals surface area contributed by atoms with Crippen molar-refractivity contribution in [2.75, 3.05) is 12.4 Å². The van der Waals surface area contributed by atoms with Gasteiger partial charge in [-0.2, -0.15) is 0 Å². The topological polar surface area (TPSA) is 21.3 Å². The summed E-state index contributed by atoms with van der Waals surface area (Å²) in [5.74, 6) is 0.810. The molecule has 0 unspecified atom stereocenters. The molecular weight excluding hydrogens is 349 g/mol. The van der Waals surface area contributed by atoms with E-state index < -0.39 is 0 Å². The molecule has 0 atom stereocenters. The summed E-state index contributed by atoms with van der Waals surface area (Å²) >= 11 is 15.3. The number of hydrogen-bond acceptors (Lipinski definition) is 2. The Bertz CT molecular complexity index is 590. The van der Waals surface area contributed by atoms with E-state index in [1.165, 1.54) is 0 Å². The van der Waals surface area contributed by atoms with E-state index in [-0.39, 0.29) is 0 Å². The zero-order chi connectivity index (χ0) is 13.8. The van der Waals surface area contributed by atoms with Gasteiger partial charge in [0.05, 0.1) is 12.1 Å². The highest BCUT2D eigenvalue weighted by molar-refractivity contribution is 9.10. The van der Waals surface area contributed by atoms with Crippen molar-refractivity contribution in [1.29, 1.82) is 0 Å². The van der Waals surface area contributed by atoms with Gasteiger partial charge in [-0.15, -0.1) is 0 Å². The minimum Gasteiger partial charge on any atom is -0.496 e. The van der Waals surface area contributed by atoms with Crippen molar-refractivity contribution in [1.82, 2.24) is 0 Å². The third-order valence-corrected chi connectivity index (χ3v) is 4.09. The molecule has 2 aromatic rings. The van der Waals surface area contributed by atoms with Crippen molar-refractivity contribution in [3.63, 3.8) is 0 Å². The Kier molecular flexibility index (Phi) is 4.97. The van der Waals surface area contributed by atoms with E-state index in [1.807, 2.05) is 36.4 Å². The Morgan fingerprint density at radius 1 is 1.16 bits per heavy atom. The molecule has 0 aliphatic carbocycles. The van der Waals surface area contributed by atoms with Crippen molar-refractivity contribution in [3.05, 3.63) is 56.5 Å². The molecule has 0 aliphatic rings. The third-order valence-electron chi connectivity index (χ3n) is 2.65. The van der Waals surface area contributed by atoms with Gasteiger partial charge in [0, 0.05) is 27.3 Å². The first-order chi connectivity index (χ1) is 9.10. The number of rotatable bonds is 4. The zero-order valence-corrected chi connectivity index (χ0v) is 13.3. The van der Waals surface area contributed by atoms with E-state index in [0.717, 1.165) is 21.5 Å². The van der Waals surface area contributed by atoms with Crippen LogP contribution in [0.15, 0.2) is 40.9 Å². The molecule has 0 spiro atoms. The van der Waals surface area contributed by atoms with E-state index >= 15 is 0 Å². The van der Waals surface area contributed by atoms with Gasteiger partial charge in [-0.05, 0) is 52.3 Å². The predicted octanol–water partition coefficient (Wildman–Crippen LogP) is 5.38. The van der Waals surface area contributed by atoms with Crippen molar-refractivity contribution in [2.24, 2.45) is 0 Å². The molecule has 0 bridgehead atoms. The maximum Gasteiger partial charge on any atom is 0.123 e. The van der Waals surface area contributed by atoms with E-state index in [4.69, 9.17) is 27.9 Å². The highest BCUT2D eigenvalue weighted by Gasteiger charge is 2.04. The minimum atomic E-state index is 0.623. The maximum atomic E-state index is 5.99. The van der Waals surface area contributed by atoms with Crippen LogP contribution in [0.25, 0.3) is 0 Å². The number of benzene rings is 2. The number of ether oxygens (including phenoxy) is 1. The first-order valence-electron chi connectivity index (χ1n) is 5.61. The Balaban J connectivity index is 2.13. The second-order valence-corrected chi connectivity index (χ2v) is 5.64. The van der Waals surface area contributed by atoms with Gasteiger partial charge in [-0.1, -0.05) is 23.2 Å². The number of methoxy groups -OCH3 is 1. The Labute approximate surface area is 130 Å². The summed E-state index contributed by atoms with van der Waals surface area (Å²) < 4.78 is 6.16. The van der Waals surface area contributed by atoms with Crippen LogP contribution < -0.4 is 10.1 Å². The summed E-state index contributed by atoms with van der Waals surface area (Å²) in [5, 5.41) is 4.68. The maximum absolute atomic E-state index is 5.99. The molecule has 100 valence electrons. The van der Waals surface area contributed by atoms with Crippen LogP contribution in [0.4, 0.5) is 5.69 Å². The van der Waals surface area contributed by atoms with E-state index in [2.05, 4.69) is 21.2 Å². The Morgan fingerprint density at radius 2 is 1.95 bits per heavy atom. The Morgan fingerprint density at radius 3 is 2.63 bits per heavy atom. The minimum absolute atomic E-state index is 0.623. The summed E-state index contributed by atoms with van der Waals surface area (Å²) in [6, 6.07) is 11.2. The van der Waals surface area contributed by atoms with Gasteiger partial charge >= 0.3 is 0 Å². The number of hydrogen-bond donors (Lipinski definition) is 1. The van der Waals surface area contributed by atoms with E-state index in [1.54, 1.807) is 7.11 Å². The van der Waals surface area contributed by atoms with E-state index in [9.17, 15) is 0 Å². The summed E-state index contributed by atoms with van der Waals surface area (Å²) in [4.78, 5) is 0. The van der Waals surface area contributed by atoms with Crippen LogP contribution in [0, 0.1) is 0 Å². The molecule has 1 N–H and O–H groups in total. The molecule has 5 heteroatoms. The molecular formula is C14H12BrCl2NO. The molecule has 2 aromatic carbocycles. The van der Waals surface area contributed by atoms with Crippen LogP contribution in [0.3, 0.4) is 0 Å². The van der Waals surface area contributed by atoms with Gasteiger partial charge in [0.25, 0.3) is 0 Å². The van der Waals surface area contributed by atoms with Crippen LogP contribution >= 0.6 is 39.1 Å². The lowest BCUT2D eigenvalue weighted by Gasteiger charge is -2.11. The molecule has 0 amide bonds. The summed E-state index contributed by atoms with van der Waals surface area (Å²) in [7, 11) is 1.64. The smallest absolute Gasteiger partial charge is 0.123 e. The molecule has 0 heterocycles. The molecule has 0 aromatic heterocycles. The lowest BCUT2D eigenvalue weighted by atomic mass is 10.2. The highest BCUT2D eigenvalue weighted by Crippen LogP contribution is 2.27. The summed E-state index contributed by atoms with van der Waals surface area (Å²) in [6.07, 6.45) is 0. The van der Waals surface area contributed by atoms with Crippen molar-refractivity contribution >= 4 is 44.8 Å². The highest BCUT2D eigenvalue weighted by atomic mass is 79.9. The largest absolute Gasteiger partial charge is 0.496 e. The van der Waals surface area contributed by atoms with Crippen LogP contribution in [0.5, 0.6) is 5.75 Å². The second kappa shape index (κ2) is 6.51. The van der Waals surface area contributed by atoms with Gasteiger partial charge in [-0.25, -0.2) is 0 Å². The standard InChI is InChI=1S/C14H12BrCl2NO/c1-19-14-5-2-10(16)6-9(14)8-18-11-3-4-13(17)12(15)7-11/h2-7,18H,8H2,1H3. The van der Waals surface area contributed by atoms with Crippen molar-refractivity contribution < 1.29 is 4.74 Å². The van der Waals surface area contributed by atoms with Gasteiger partial charge in [0.2, 0.25) is 0 Å². The molecule has 2 nitrogen and oxygen atoms in total. The fraction of sp³-hybridized carbons (Fsp3) is 0.143. The average Bonchev–Trinajstić information content (AvgIpc) is 2.40. The molecule has 19 heavy (non-hydrogen) atoms. The van der Waals surface area contributed by atoms with Gasteiger partial charge in [0.15, 0.2) is 0 Å². The molecule has 0 aliphatic heterocycles. The second-order valence-electron chi connectivity index (χ2n) is 3.94. The van der Waals surface area contributed by atoms with Crippen LogP contribution in [-0.2, 0) is 6.54 Å². The van der Waals surface area contributed by atoms with Crippen LogP contribution in [0.1, 0.15) is 5.56 Å². The molecule has 0 saturated carbocycles. The first kappa shape index (κ1) is 14.5. The Hall–Kier alpha value is -0.900. The van der Waals surface area contributed by atoms with Crippen molar-refractivity contribution in [2.45, 2.75) is 6.54 Å². The quantitative estimate of drug-likeness (QED) is 0.790. The van der Waals surface area contributed by atoms with Gasteiger partial charge < -0.3 is 10.1 Å². The fourth-order valence-electron chi connectivity index (χ4n) is 1.69. The van der Waals surface area contributed by atoms with Crippen molar-refractivity contribution in [3.8, 4) is 5.75 Å². The fourth-order valence-corrected chi connectivity index (χ4v) is 2.38. The van der Waals surface area contributed by atoms with E-state index in [0.29, 0.717) is 16.6 Å². The molecule has 0 fully saturated rings. The molecule has 0 radical (unpaired) electrons. The SMILES string of the molecule is COc1ccc(Cl)cc1CNc1ccc(Cl)c(Br)c1. The monoisotopic (exact) mass is 359 g/mol. The van der Waals surface area contributed by atoms with Crippen LogP contribution in [-0.4, -0.2) is 7.11 Å². The summed E-state index contributed by atoms with van der Waals surface area (Å²) in [5.41, 5.74) is 1.97.